The van der Waals surface area contributed by atoms with Crippen LogP contribution in [0, 0.1) is 25.2 Å². The summed E-state index contributed by atoms with van der Waals surface area (Å²) in [5.74, 6) is 0. The van der Waals surface area contributed by atoms with E-state index in [1.54, 1.807) is 12.1 Å². The third-order valence-corrected chi connectivity index (χ3v) is 3.20. The molecular formula is C16H13N3. The average molecular weight is 247 g/mol. The normalized spacial score (nSPS) is 10.6. The van der Waals surface area contributed by atoms with Gasteiger partial charge in [-0.15, -0.1) is 0 Å². The van der Waals surface area contributed by atoms with Crippen LogP contribution in [0.3, 0.4) is 0 Å². The van der Waals surface area contributed by atoms with Gasteiger partial charge in [-0.05, 0) is 49.7 Å². The molecule has 0 radical (unpaired) electrons. The summed E-state index contributed by atoms with van der Waals surface area (Å²) in [4.78, 5) is 0. The van der Waals surface area contributed by atoms with Gasteiger partial charge in [0.05, 0.1) is 22.8 Å². The van der Waals surface area contributed by atoms with Gasteiger partial charge in [0.1, 0.15) is 0 Å². The van der Waals surface area contributed by atoms with Gasteiger partial charge >= 0.3 is 0 Å². The van der Waals surface area contributed by atoms with Crippen molar-refractivity contribution >= 4 is 10.9 Å². The highest BCUT2D eigenvalue weighted by Gasteiger charge is 2.06. The van der Waals surface area contributed by atoms with Gasteiger partial charge in [0, 0.05) is 11.6 Å². The van der Waals surface area contributed by atoms with Crippen molar-refractivity contribution in [1.82, 2.24) is 9.78 Å². The summed E-state index contributed by atoms with van der Waals surface area (Å²) in [6, 6.07) is 13.8. The number of aromatic nitrogens is 2. The number of nitriles is 1. The van der Waals surface area contributed by atoms with Crippen molar-refractivity contribution < 1.29 is 0 Å². The predicted molar refractivity (Wildman–Crippen MR) is 75.3 cm³/mol. The first-order valence-electron chi connectivity index (χ1n) is 6.14. The molecule has 2 aromatic carbocycles. The van der Waals surface area contributed by atoms with E-state index < -0.39 is 0 Å². The van der Waals surface area contributed by atoms with Crippen LogP contribution >= 0.6 is 0 Å². The summed E-state index contributed by atoms with van der Waals surface area (Å²) < 4.78 is 1.86. The molecule has 0 N–H and O–H groups in total. The van der Waals surface area contributed by atoms with Crippen LogP contribution in [-0.2, 0) is 0 Å². The molecule has 0 aliphatic heterocycles. The lowest BCUT2D eigenvalue weighted by Gasteiger charge is -2.00. The monoisotopic (exact) mass is 247 g/mol. The second kappa shape index (κ2) is 4.25. The van der Waals surface area contributed by atoms with Crippen LogP contribution in [0.5, 0.6) is 0 Å². The van der Waals surface area contributed by atoms with E-state index in [1.165, 1.54) is 11.1 Å². The summed E-state index contributed by atoms with van der Waals surface area (Å²) in [7, 11) is 0. The minimum absolute atomic E-state index is 0.660. The number of hydrogen-bond acceptors (Lipinski definition) is 2. The molecule has 3 aromatic rings. The van der Waals surface area contributed by atoms with Gasteiger partial charge in [-0.3, -0.25) is 0 Å². The molecule has 1 aromatic heterocycles. The minimum Gasteiger partial charge on any atom is -0.240 e. The maximum atomic E-state index is 8.81. The lowest BCUT2D eigenvalue weighted by Crippen LogP contribution is -1.94. The predicted octanol–water partition coefficient (Wildman–Crippen LogP) is 3.51. The molecule has 0 amide bonds. The molecule has 0 fully saturated rings. The lowest BCUT2D eigenvalue weighted by atomic mass is 10.1. The van der Waals surface area contributed by atoms with Crippen LogP contribution in [-0.4, -0.2) is 9.78 Å². The highest BCUT2D eigenvalue weighted by Crippen LogP contribution is 2.21. The van der Waals surface area contributed by atoms with E-state index in [2.05, 4.69) is 37.1 Å². The topological polar surface area (TPSA) is 41.6 Å². The fourth-order valence-electron chi connectivity index (χ4n) is 2.32. The molecule has 3 nitrogen and oxygen atoms in total. The van der Waals surface area contributed by atoms with Crippen molar-refractivity contribution in [3.8, 4) is 11.8 Å². The van der Waals surface area contributed by atoms with Crippen molar-refractivity contribution in [2.75, 3.05) is 0 Å². The van der Waals surface area contributed by atoms with E-state index in [1.807, 2.05) is 23.0 Å². The van der Waals surface area contributed by atoms with Crippen molar-refractivity contribution in [3.63, 3.8) is 0 Å². The number of fused-ring (bicyclic) bond motifs is 1. The third-order valence-electron chi connectivity index (χ3n) is 3.20. The van der Waals surface area contributed by atoms with Gasteiger partial charge in [-0.2, -0.15) is 10.4 Å². The highest BCUT2D eigenvalue weighted by molar-refractivity contribution is 5.82. The van der Waals surface area contributed by atoms with E-state index in [4.69, 9.17) is 5.26 Å². The summed E-state index contributed by atoms with van der Waals surface area (Å²) in [6.45, 7) is 4.16. The van der Waals surface area contributed by atoms with Gasteiger partial charge in [-0.25, -0.2) is 4.68 Å². The van der Waals surface area contributed by atoms with E-state index in [9.17, 15) is 0 Å². The zero-order chi connectivity index (χ0) is 13.4. The standard InChI is InChI=1S/C16H13N3/c1-11-7-12(2)16-14(8-11)10-19(18-16)15-5-3-13(9-17)4-6-15/h3-8,10H,1-2H3. The Hall–Kier alpha value is -2.60. The van der Waals surface area contributed by atoms with Crippen molar-refractivity contribution in [1.29, 1.82) is 5.26 Å². The van der Waals surface area contributed by atoms with Gasteiger partial charge in [0.25, 0.3) is 0 Å². The van der Waals surface area contributed by atoms with Crippen molar-refractivity contribution in [2.24, 2.45) is 0 Å². The molecule has 0 saturated carbocycles. The number of nitrogens with zero attached hydrogens (tertiary/aromatic N) is 3. The fourth-order valence-corrected chi connectivity index (χ4v) is 2.32. The first-order chi connectivity index (χ1) is 9.17. The SMILES string of the molecule is Cc1cc(C)c2nn(-c3ccc(C#N)cc3)cc2c1. The average Bonchev–Trinajstić information content (AvgIpc) is 2.83. The van der Waals surface area contributed by atoms with Crippen LogP contribution < -0.4 is 0 Å². The molecule has 0 aliphatic carbocycles. The minimum atomic E-state index is 0.660. The number of rotatable bonds is 1. The molecule has 0 atom stereocenters. The molecule has 0 aliphatic rings. The summed E-state index contributed by atoms with van der Waals surface area (Å²) in [6.07, 6.45) is 2.02. The molecule has 3 heteroatoms. The Bertz CT molecular complexity index is 789. The molecule has 0 saturated heterocycles. The van der Waals surface area contributed by atoms with Crippen LogP contribution in [0.25, 0.3) is 16.6 Å². The molecule has 0 spiro atoms. The Kier molecular flexibility index (Phi) is 2.57. The molecular weight excluding hydrogens is 234 g/mol. The number of aryl methyl sites for hydroxylation is 2. The van der Waals surface area contributed by atoms with Crippen LogP contribution in [0.1, 0.15) is 16.7 Å². The maximum Gasteiger partial charge on any atom is 0.0991 e. The van der Waals surface area contributed by atoms with Crippen LogP contribution in [0.2, 0.25) is 0 Å². The molecule has 92 valence electrons. The van der Waals surface area contributed by atoms with E-state index in [-0.39, 0.29) is 0 Å². The summed E-state index contributed by atoms with van der Waals surface area (Å²) >= 11 is 0. The zero-order valence-corrected chi connectivity index (χ0v) is 10.9. The Labute approximate surface area is 111 Å². The highest BCUT2D eigenvalue weighted by atomic mass is 15.3. The largest absolute Gasteiger partial charge is 0.240 e. The number of hydrogen-bond donors (Lipinski definition) is 0. The lowest BCUT2D eigenvalue weighted by molar-refractivity contribution is 0.895. The van der Waals surface area contributed by atoms with Gasteiger partial charge < -0.3 is 0 Å². The Morgan fingerprint density at radius 3 is 2.53 bits per heavy atom. The molecule has 1 heterocycles. The molecule has 19 heavy (non-hydrogen) atoms. The molecule has 0 unspecified atom stereocenters. The third kappa shape index (κ3) is 1.98. The smallest absolute Gasteiger partial charge is 0.0991 e. The van der Waals surface area contributed by atoms with Crippen LogP contribution in [0.4, 0.5) is 0 Å². The Morgan fingerprint density at radius 1 is 1.11 bits per heavy atom. The fraction of sp³-hybridized carbons (Fsp3) is 0.125. The second-order valence-corrected chi connectivity index (χ2v) is 4.75. The first-order valence-corrected chi connectivity index (χ1v) is 6.14. The second-order valence-electron chi connectivity index (χ2n) is 4.75. The maximum absolute atomic E-state index is 8.81. The molecule has 0 bridgehead atoms. The molecule has 3 rings (SSSR count). The van der Waals surface area contributed by atoms with E-state index >= 15 is 0 Å². The van der Waals surface area contributed by atoms with Gasteiger partial charge in [0.2, 0.25) is 0 Å². The van der Waals surface area contributed by atoms with E-state index in [0.717, 1.165) is 16.6 Å². The summed E-state index contributed by atoms with van der Waals surface area (Å²) in [5, 5.41) is 14.6. The quantitative estimate of drug-likeness (QED) is 0.660. The van der Waals surface area contributed by atoms with E-state index in [0.29, 0.717) is 5.56 Å². The Morgan fingerprint density at radius 2 is 1.84 bits per heavy atom. The zero-order valence-electron chi connectivity index (χ0n) is 10.9. The number of benzene rings is 2. The van der Waals surface area contributed by atoms with Crippen LogP contribution in [0.15, 0.2) is 42.6 Å². The summed E-state index contributed by atoms with van der Waals surface area (Å²) in [5.41, 5.74) is 5.07. The first kappa shape index (κ1) is 11.5. The van der Waals surface area contributed by atoms with Gasteiger partial charge in [-0.1, -0.05) is 11.6 Å². The van der Waals surface area contributed by atoms with Gasteiger partial charge in [0.15, 0.2) is 0 Å². The van der Waals surface area contributed by atoms with Crippen molar-refractivity contribution in [2.45, 2.75) is 13.8 Å². The Balaban J connectivity index is 2.15. The van der Waals surface area contributed by atoms with Crippen molar-refractivity contribution in [3.05, 3.63) is 59.3 Å².